The largest absolute Gasteiger partial charge is 2.00 e. The molecule has 6 rings (SSSR count). The van der Waals surface area contributed by atoms with Gasteiger partial charge in [-0.2, -0.15) is 12.1 Å². The van der Waals surface area contributed by atoms with Crippen LogP contribution in [-0.2, 0) is 37.0 Å². The third-order valence-electron chi connectivity index (χ3n) is 10.0. The van der Waals surface area contributed by atoms with Crippen molar-refractivity contribution in [1.82, 2.24) is 0 Å². The number of hydrogen-bond donors (Lipinski definition) is 0. The average Bonchev–Trinajstić information content (AvgIpc) is 3.74. The van der Waals surface area contributed by atoms with Crippen LogP contribution in [0.5, 0.6) is 0 Å². The number of rotatable bonds is 6. The summed E-state index contributed by atoms with van der Waals surface area (Å²) in [6.07, 6.45) is 2.34. The van der Waals surface area contributed by atoms with Gasteiger partial charge in [0.05, 0.1) is 0 Å². The van der Waals surface area contributed by atoms with Crippen molar-refractivity contribution in [3.63, 3.8) is 0 Å². The van der Waals surface area contributed by atoms with Crippen LogP contribution >= 0.6 is 0 Å². The Balaban J connectivity index is 0.000000246. The third kappa shape index (κ3) is 9.74. The summed E-state index contributed by atoms with van der Waals surface area (Å²) in [5, 5.41) is 5.47. The van der Waals surface area contributed by atoms with Gasteiger partial charge in [-0.05, 0) is 57.8 Å². The van der Waals surface area contributed by atoms with E-state index in [0.717, 1.165) is 9.52 Å². The van der Waals surface area contributed by atoms with Gasteiger partial charge in [-0.15, -0.1) is 69.1 Å². The van der Waals surface area contributed by atoms with Crippen molar-refractivity contribution in [2.24, 2.45) is 0 Å². The van der Waals surface area contributed by atoms with Gasteiger partial charge >= 0.3 is 26.2 Å². The molecule has 0 aliphatic heterocycles. The Hall–Kier alpha value is -2.80. The standard InChI is InChI=1S/2C23H27.C2H6Si.Zr/c2*1-6-16(2)19-11-7-8-12-20(19)21-13-9-10-17-14-18(15-22(17)21)23(3,4)5;1-3-2;/h2*7-16H,6H2,1-5H3;1-2H3;/q2*-1;;+2. The van der Waals surface area contributed by atoms with Crippen molar-refractivity contribution in [3.05, 3.63) is 131 Å². The topological polar surface area (TPSA) is 0 Å². The summed E-state index contributed by atoms with van der Waals surface area (Å²) in [5.74, 6) is 1.16. The second-order valence-corrected chi connectivity index (χ2v) is 16.9. The molecule has 2 radical (unpaired) electrons. The third-order valence-corrected chi connectivity index (χ3v) is 10.0. The fourth-order valence-corrected chi connectivity index (χ4v) is 6.59. The quantitative estimate of drug-likeness (QED) is 0.117. The monoisotopic (exact) mass is 754 g/mol. The molecule has 6 aromatic rings. The van der Waals surface area contributed by atoms with E-state index >= 15 is 0 Å². The van der Waals surface area contributed by atoms with Crippen molar-refractivity contribution in [1.29, 1.82) is 0 Å². The molecule has 0 saturated heterocycles. The number of benzene rings is 4. The molecule has 2 heteroatoms. The second kappa shape index (κ2) is 18.1. The Labute approximate surface area is 326 Å². The van der Waals surface area contributed by atoms with Gasteiger partial charge in [0.1, 0.15) is 0 Å². The normalized spacial score (nSPS) is 12.7. The van der Waals surface area contributed by atoms with Crippen molar-refractivity contribution < 1.29 is 26.2 Å². The van der Waals surface area contributed by atoms with Gasteiger partial charge in [0.15, 0.2) is 0 Å². The zero-order valence-corrected chi connectivity index (χ0v) is 36.4. The Morgan fingerprint density at radius 2 is 0.840 bits per heavy atom. The van der Waals surface area contributed by atoms with E-state index in [-0.39, 0.29) is 37.0 Å². The van der Waals surface area contributed by atoms with Gasteiger partial charge in [-0.3, -0.25) is 0 Å². The maximum atomic E-state index is 2.39. The summed E-state index contributed by atoms with van der Waals surface area (Å²) in [5.41, 5.74) is 11.6. The summed E-state index contributed by atoms with van der Waals surface area (Å²) in [6, 6.07) is 40.7. The first-order chi connectivity index (χ1) is 23.2. The summed E-state index contributed by atoms with van der Waals surface area (Å²) < 4.78 is 0. The van der Waals surface area contributed by atoms with Crippen LogP contribution in [0.3, 0.4) is 0 Å². The Morgan fingerprint density at radius 3 is 1.16 bits per heavy atom. The second-order valence-electron chi connectivity index (χ2n) is 15.9. The molecule has 50 heavy (non-hydrogen) atoms. The molecule has 2 atom stereocenters. The van der Waals surface area contributed by atoms with Gasteiger partial charge in [0.2, 0.25) is 0 Å². The molecule has 2 unspecified atom stereocenters. The van der Waals surface area contributed by atoms with Gasteiger partial charge in [0.25, 0.3) is 0 Å². The van der Waals surface area contributed by atoms with Crippen LogP contribution in [0.1, 0.15) is 116 Å². The Bertz CT molecular complexity index is 1800. The number of hydrogen-bond acceptors (Lipinski definition) is 0. The molecule has 0 saturated carbocycles. The van der Waals surface area contributed by atoms with E-state index in [1.807, 2.05) is 0 Å². The maximum Gasteiger partial charge on any atom is 2.00 e. The van der Waals surface area contributed by atoms with Crippen molar-refractivity contribution in [2.75, 3.05) is 0 Å². The molecule has 0 aliphatic carbocycles. The summed E-state index contributed by atoms with van der Waals surface area (Å²) in [4.78, 5) is 0. The van der Waals surface area contributed by atoms with Crippen LogP contribution in [-0.4, -0.2) is 9.52 Å². The first kappa shape index (κ1) is 41.6. The van der Waals surface area contributed by atoms with E-state index in [0.29, 0.717) is 11.8 Å². The molecule has 0 fully saturated rings. The van der Waals surface area contributed by atoms with E-state index in [4.69, 9.17) is 0 Å². The molecule has 0 aromatic heterocycles. The zero-order valence-electron chi connectivity index (χ0n) is 33.0. The summed E-state index contributed by atoms with van der Waals surface area (Å²) in [7, 11) is 1.08. The molecule has 6 aromatic carbocycles. The molecule has 260 valence electrons. The smallest absolute Gasteiger partial charge is 0.164 e. The fourth-order valence-electron chi connectivity index (χ4n) is 6.59. The molecule has 0 heterocycles. The molecule has 0 aliphatic rings. The Morgan fingerprint density at radius 1 is 0.520 bits per heavy atom. The number of fused-ring (bicyclic) bond motifs is 2. The first-order valence-electron chi connectivity index (χ1n) is 18.4. The van der Waals surface area contributed by atoms with Gasteiger partial charge in [-0.25, -0.2) is 0 Å². The summed E-state index contributed by atoms with van der Waals surface area (Å²) >= 11 is 0. The molecular weight excluding hydrogens is 696 g/mol. The van der Waals surface area contributed by atoms with Crippen LogP contribution in [0, 0.1) is 0 Å². The minimum absolute atomic E-state index is 0. The van der Waals surface area contributed by atoms with Crippen molar-refractivity contribution >= 4 is 31.1 Å². The Kier molecular flexibility index (Phi) is 15.1. The van der Waals surface area contributed by atoms with Gasteiger partial charge in [0, 0.05) is 9.52 Å². The van der Waals surface area contributed by atoms with Crippen LogP contribution in [0.25, 0.3) is 43.8 Å². The van der Waals surface area contributed by atoms with Crippen molar-refractivity contribution in [2.45, 2.75) is 118 Å². The zero-order chi connectivity index (χ0) is 35.9. The van der Waals surface area contributed by atoms with E-state index in [1.165, 1.54) is 78.9 Å². The SMILES string of the molecule is CCC(C)c1ccccc1-c1cccc2[cH-]c(C(C)(C)C)cc12.CCC(C)c1ccccc1-c1cccc2[cH-]c(C(C)(C)C)cc12.C[Si]C.[Zr+2]. The first-order valence-corrected chi connectivity index (χ1v) is 20.4. The van der Waals surface area contributed by atoms with Crippen LogP contribution in [0.4, 0.5) is 0 Å². The van der Waals surface area contributed by atoms with E-state index in [1.54, 1.807) is 0 Å². The minimum atomic E-state index is 0. The maximum absolute atomic E-state index is 2.39. The van der Waals surface area contributed by atoms with Crippen LogP contribution in [0.2, 0.25) is 13.1 Å². The molecule has 0 nitrogen and oxygen atoms in total. The van der Waals surface area contributed by atoms with E-state index in [9.17, 15) is 0 Å². The molecule has 0 amide bonds. The molecule has 0 N–H and O–H groups in total. The van der Waals surface area contributed by atoms with Gasteiger partial charge < -0.3 is 0 Å². The molecule has 0 bridgehead atoms. The average molecular weight is 756 g/mol. The molecular formula is C48H60SiZr. The van der Waals surface area contributed by atoms with Crippen molar-refractivity contribution in [3.8, 4) is 22.3 Å². The minimum Gasteiger partial charge on any atom is -0.164 e. The van der Waals surface area contributed by atoms with E-state index in [2.05, 4.69) is 192 Å². The summed E-state index contributed by atoms with van der Waals surface area (Å²) in [6.45, 7) is 27.2. The van der Waals surface area contributed by atoms with E-state index < -0.39 is 0 Å². The fraction of sp³-hybridized carbons (Fsp3) is 0.375. The predicted molar refractivity (Wildman–Crippen MR) is 222 cm³/mol. The van der Waals surface area contributed by atoms with Gasteiger partial charge in [-0.1, -0.05) is 154 Å². The molecule has 0 spiro atoms. The predicted octanol–water partition coefficient (Wildman–Crippen LogP) is 14.9. The van der Waals surface area contributed by atoms with Crippen LogP contribution < -0.4 is 0 Å². The van der Waals surface area contributed by atoms with Crippen LogP contribution in [0.15, 0.2) is 109 Å².